The van der Waals surface area contributed by atoms with Crippen LogP contribution in [0.15, 0.2) is 48.5 Å². The summed E-state index contributed by atoms with van der Waals surface area (Å²) in [6, 6.07) is 17.4. The highest BCUT2D eigenvalue weighted by molar-refractivity contribution is 6.91. The lowest BCUT2D eigenvalue weighted by Crippen LogP contribution is -2.68. The first-order chi connectivity index (χ1) is 23.1. The third-order valence-electron chi connectivity index (χ3n) is 15.5. The summed E-state index contributed by atoms with van der Waals surface area (Å²) in [6.45, 7) is 25.0. The van der Waals surface area contributed by atoms with Gasteiger partial charge in [0.1, 0.15) is 23.1 Å². The van der Waals surface area contributed by atoms with E-state index in [2.05, 4.69) is 117 Å². The molecule has 8 heteroatoms. The number of ketones is 1. The van der Waals surface area contributed by atoms with Gasteiger partial charge >= 0.3 is 0 Å². The number of hydrogen-bond acceptors (Lipinski definition) is 6. The molecule has 0 radical (unpaired) electrons. The van der Waals surface area contributed by atoms with E-state index in [0.29, 0.717) is 25.9 Å². The molecule has 0 bridgehead atoms. The average molecular weight is 719 g/mol. The normalized spacial score (nSPS) is 39.1. The average Bonchev–Trinajstić information content (AvgIpc) is 3.96. The van der Waals surface area contributed by atoms with E-state index in [1.54, 1.807) is 0 Å². The summed E-state index contributed by atoms with van der Waals surface area (Å²) in [5.74, 6) is 0.317. The fraction of sp³-hybridized carbons (Fsp3) is 0.690. The minimum Gasteiger partial charge on any atom is -0.414 e. The number of aryl methyl sites for hydroxylation is 1. The molecule has 0 unspecified atom stereocenters. The van der Waals surface area contributed by atoms with Gasteiger partial charge in [0.2, 0.25) is 0 Å². The lowest BCUT2D eigenvalue weighted by Gasteiger charge is -2.59. The number of aliphatic hydroxyl groups is 2. The molecule has 7 rings (SSSR count). The van der Waals surface area contributed by atoms with E-state index in [9.17, 15) is 15.0 Å². The van der Waals surface area contributed by atoms with Crippen LogP contribution >= 0.6 is 0 Å². The van der Waals surface area contributed by atoms with Crippen molar-refractivity contribution >= 4 is 27.4 Å². The molecule has 0 aromatic heterocycles. The molecule has 3 aliphatic carbocycles. The number of benzene rings is 2. The highest BCUT2D eigenvalue weighted by Crippen LogP contribution is 2.69. The van der Waals surface area contributed by atoms with E-state index in [-0.39, 0.29) is 46.3 Å². The molecule has 2 aromatic rings. The van der Waals surface area contributed by atoms with Gasteiger partial charge < -0.3 is 24.1 Å². The van der Waals surface area contributed by atoms with E-state index in [1.165, 1.54) is 16.3 Å². The summed E-state index contributed by atoms with van der Waals surface area (Å²) in [6.07, 6.45) is 2.53. The van der Waals surface area contributed by atoms with Crippen LogP contribution < -0.4 is 5.19 Å². The van der Waals surface area contributed by atoms with Crippen molar-refractivity contribution in [1.82, 2.24) is 0 Å². The Bertz CT molecular complexity index is 1650. The Labute approximate surface area is 302 Å². The van der Waals surface area contributed by atoms with Crippen molar-refractivity contribution < 1.29 is 28.9 Å². The van der Waals surface area contributed by atoms with Crippen LogP contribution in [-0.2, 0) is 25.1 Å². The molecule has 2 aromatic carbocycles. The number of rotatable bonds is 9. The van der Waals surface area contributed by atoms with E-state index >= 15 is 0 Å². The summed E-state index contributed by atoms with van der Waals surface area (Å²) in [4.78, 5) is 14.5. The van der Waals surface area contributed by atoms with E-state index in [4.69, 9.17) is 13.9 Å². The van der Waals surface area contributed by atoms with Crippen molar-refractivity contribution in [2.45, 2.75) is 164 Å². The Morgan fingerprint density at radius 2 is 1.70 bits per heavy atom. The molecule has 2 saturated heterocycles. The van der Waals surface area contributed by atoms with Crippen molar-refractivity contribution in [2.24, 2.45) is 11.3 Å². The quantitative estimate of drug-likeness (QED) is 0.205. The predicted molar refractivity (Wildman–Crippen MR) is 204 cm³/mol. The van der Waals surface area contributed by atoms with Crippen LogP contribution in [-0.4, -0.2) is 74.1 Å². The maximum absolute atomic E-state index is 14.5. The highest BCUT2D eigenvalue weighted by atomic mass is 28.4. The molecule has 11 atom stereocenters. The number of Topliss-reactive ketones (excluding diaryl/α,β-unsaturated/α-hetero) is 1. The molecule has 5 aliphatic rings. The number of carbonyl (C=O) groups excluding carboxylic acids is 1. The van der Waals surface area contributed by atoms with Gasteiger partial charge in [-0.05, 0) is 86.3 Å². The zero-order valence-corrected chi connectivity index (χ0v) is 34.4. The minimum absolute atomic E-state index is 0.0470. The first-order valence-electron chi connectivity index (χ1n) is 19.2. The second-order valence-corrected chi connectivity index (χ2v) is 29.2. The number of ether oxygens (including phenoxy) is 2. The third-order valence-corrected chi connectivity index (χ3v) is 24.3. The van der Waals surface area contributed by atoms with Crippen molar-refractivity contribution in [3.8, 4) is 0 Å². The van der Waals surface area contributed by atoms with Crippen molar-refractivity contribution in [3.05, 3.63) is 65.2 Å². The maximum atomic E-state index is 14.5. The molecule has 2 aliphatic heterocycles. The highest BCUT2D eigenvalue weighted by Gasteiger charge is 2.77. The van der Waals surface area contributed by atoms with Crippen LogP contribution in [0.5, 0.6) is 0 Å². The minimum atomic E-state index is -2.02. The molecule has 2 heterocycles. The fourth-order valence-electron chi connectivity index (χ4n) is 10.1. The van der Waals surface area contributed by atoms with Gasteiger partial charge in [0, 0.05) is 24.7 Å². The first kappa shape index (κ1) is 36.7. The van der Waals surface area contributed by atoms with Gasteiger partial charge in [-0.15, -0.1) is 0 Å². The number of aliphatic hydroxyl groups excluding tert-OH is 1. The van der Waals surface area contributed by atoms with Crippen LogP contribution in [0.25, 0.3) is 0 Å². The Balaban J connectivity index is 1.06. The van der Waals surface area contributed by atoms with Crippen LogP contribution in [0.4, 0.5) is 0 Å². The summed E-state index contributed by atoms with van der Waals surface area (Å²) in [7, 11) is -3.93. The monoisotopic (exact) mass is 718 g/mol. The summed E-state index contributed by atoms with van der Waals surface area (Å²) in [5.41, 5.74) is 1.08. The van der Waals surface area contributed by atoms with Gasteiger partial charge in [0.05, 0.1) is 37.9 Å². The van der Waals surface area contributed by atoms with Crippen LogP contribution in [0.1, 0.15) is 103 Å². The second kappa shape index (κ2) is 11.7. The Morgan fingerprint density at radius 3 is 2.36 bits per heavy atom. The number of epoxide rings is 2. The van der Waals surface area contributed by atoms with E-state index in [0.717, 1.165) is 18.4 Å². The van der Waals surface area contributed by atoms with Crippen molar-refractivity contribution in [3.63, 3.8) is 0 Å². The number of hydrogen-bond donors (Lipinski definition) is 2. The lowest BCUT2D eigenvalue weighted by molar-refractivity contribution is -0.178. The Hall–Kier alpha value is -1.66. The molecule has 4 fully saturated rings. The number of carbonyl (C=O) groups is 1. The van der Waals surface area contributed by atoms with Gasteiger partial charge in [-0.25, -0.2) is 0 Å². The van der Waals surface area contributed by atoms with Crippen LogP contribution in [0, 0.1) is 11.3 Å². The third kappa shape index (κ3) is 5.44. The Kier molecular flexibility index (Phi) is 8.56. The molecule has 0 amide bonds. The number of fused-ring (bicyclic) bond motifs is 8. The van der Waals surface area contributed by atoms with Crippen molar-refractivity contribution in [1.29, 1.82) is 0 Å². The SMILES string of the molecule is C[C@@H](c1ccc2c(c1)CC[C@H]1[C@H]2[C@@H]2O[C@@H]2[C@@]2(O)C[C@@H]([Si](C)(C)c3ccccc3)CC(=O)[C@]12C)[C@H](O)C[C@]1(C)O[C@]1(C)CO[Si](C)(C)C(C)(C)C. The topological polar surface area (TPSA) is 91.8 Å². The fourth-order valence-corrected chi connectivity index (χ4v) is 14.2. The van der Waals surface area contributed by atoms with Gasteiger partial charge in [0.15, 0.2) is 8.32 Å². The molecule has 0 spiro atoms. The molecular formula is C42H62O6Si2. The summed E-state index contributed by atoms with van der Waals surface area (Å²) in [5, 5.41) is 25.7. The summed E-state index contributed by atoms with van der Waals surface area (Å²) < 4.78 is 19.3. The summed E-state index contributed by atoms with van der Waals surface area (Å²) >= 11 is 0. The Morgan fingerprint density at radius 1 is 1.02 bits per heavy atom. The van der Waals surface area contributed by atoms with Crippen LogP contribution in [0.3, 0.4) is 0 Å². The largest absolute Gasteiger partial charge is 0.414 e. The second-order valence-electron chi connectivity index (χ2n) is 19.6. The van der Waals surface area contributed by atoms with Gasteiger partial charge in [-0.1, -0.05) is 94.5 Å². The standard InChI is InChI=1S/C42H62O6Si2/c1-26(33(43)24-39(5)40(6,48-39)25-46-50(10,11)38(2,3)4)27-17-19-31-28(21-27)18-20-32-35(31)36-37(47-36)42(45)23-30(22-34(44)41(32,42)7)49(8,9)29-15-13-12-14-16-29/h12-17,19,21,26,30,32-33,35-37,43,45H,18,20,22-25H2,1-11H3/t26-,30-,32-,33+,35-,36-,37-,39-,40+,41-,42-/m0/s1. The van der Waals surface area contributed by atoms with E-state index in [1.807, 2.05) is 6.07 Å². The molecule has 2 saturated carbocycles. The molecule has 6 nitrogen and oxygen atoms in total. The van der Waals surface area contributed by atoms with E-state index < -0.39 is 44.7 Å². The maximum Gasteiger partial charge on any atom is 0.192 e. The van der Waals surface area contributed by atoms with Gasteiger partial charge in [-0.3, -0.25) is 4.79 Å². The van der Waals surface area contributed by atoms with Gasteiger partial charge in [0.25, 0.3) is 0 Å². The molecular weight excluding hydrogens is 657 g/mol. The predicted octanol–water partition coefficient (Wildman–Crippen LogP) is 7.62. The zero-order chi connectivity index (χ0) is 36.4. The zero-order valence-electron chi connectivity index (χ0n) is 32.4. The lowest BCUT2D eigenvalue weighted by atomic mass is 9.46. The molecule has 274 valence electrons. The van der Waals surface area contributed by atoms with Gasteiger partial charge in [-0.2, -0.15) is 0 Å². The van der Waals surface area contributed by atoms with Crippen molar-refractivity contribution in [2.75, 3.05) is 6.61 Å². The molecule has 50 heavy (non-hydrogen) atoms. The van der Waals surface area contributed by atoms with Crippen LogP contribution in [0.2, 0.25) is 36.8 Å². The smallest absolute Gasteiger partial charge is 0.192 e. The molecule has 2 N–H and O–H groups in total. The first-order valence-corrected chi connectivity index (χ1v) is 25.2.